The lowest BCUT2D eigenvalue weighted by molar-refractivity contribution is -0.197. The third-order valence-corrected chi connectivity index (χ3v) is 6.08. The molecule has 1 fully saturated rings. The van der Waals surface area contributed by atoms with Gasteiger partial charge >= 0.3 is 11.9 Å². The summed E-state index contributed by atoms with van der Waals surface area (Å²) in [6, 6.07) is 13.8. The first-order valence-electron chi connectivity index (χ1n) is 12.1. The topological polar surface area (TPSA) is 160 Å². The number of carbonyl (C=O) groups excluding carboxylic acids is 4. The van der Waals surface area contributed by atoms with E-state index in [2.05, 4.69) is 15.3 Å². The van der Waals surface area contributed by atoms with Crippen molar-refractivity contribution < 1.29 is 42.9 Å². The molecule has 2 amide bonds. The zero-order valence-corrected chi connectivity index (χ0v) is 21.4. The second-order valence-electron chi connectivity index (χ2n) is 8.53. The highest BCUT2D eigenvalue weighted by Gasteiger charge is 2.33. The monoisotopic (exact) mass is 546 g/mol. The number of aromatic nitrogens is 3. The molecule has 1 aliphatic rings. The maximum atomic E-state index is 13.4. The summed E-state index contributed by atoms with van der Waals surface area (Å²) in [5.41, 5.74) is 2.27. The van der Waals surface area contributed by atoms with E-state index in [1.807, 2.05) is 0 Å². The third kappa shape index (κ3) is 5.16. The molecule has 1 saturated heterocycles. The number of hydrogen-bond acceptors (Lipinski definition) is 12. The van der Waals surface area contributed by atoms with E-state index in [0.717, 1.165) is 0 Å². The van der Waals surface area contributed by atoms with Crippen LogP contribution in [0.1, 0.15) is 29.8 Å². The molecule has 0 unspecified atom stereocenters. The molecule has 0 saturated carbocycles. The number of hydrogen-bond donors (Lipinski definition) is 0. The van der Waals surface area contributed by atoms with Crippen LogP contribution >= 0.6 is 0 Å². The van der Waals surface area contributed by atoms with Gasteiger partial charge in [-0.25, -0.2) is 19.2 Å². The fourth-order valence-electron chi connectivity index (χ4n) is 4.07. The molecule has 0 N–H and O–H groups in total. The lowest BCUT2D eigenvalue weighted by Gasteiger charge is -2.14. The van der Waals surface area contributed by atoms with E-state index in [0.29, 0.717) is 44.5 Å². The number of methoxy groups -OCH3 is 2. The molecule has 13 nitrogen and oxygen atoms in total. The van der Waals surface area contributed by atoms with Gasteiger partial charge in [0.05, 0.1) is 20.6 Å². The van der Waals surface area contributed by atoms with Gasteiger partial charge in [0, 0.05) is 24.0 Å². The summed E-state index contributed by atoms with van der Waals surface area (Å²) in [6.07, 6.45) is -0.465. The van der Waals surface area contributed by atoms with Gasteiger partial charge in [-0.2, -0.15) is 0 Å². The van der Waals surface area contributed by atoms with Crippen LogP contribution in [0.4, 0.5) is 0 Å². The van der Waals surface area contributed by atoms with Gasteiger partial charge in [-0.05, 0) is 52.3 Å². The van der Waals surface area contributed by atoms with Gasteiger partial charge < -0.3 is 19.0 Å². The number of carbonyl (C=O) groups is 4. The van der Waals surface area contributed by atoms with E-state index in [4.69, 9.17) is 23.7 Å². The molecule has 3 heterocycles. The van der Waals surface area contributed by atoms with E-state index in [9.17, 15) is 19.2 Å². The lowest BCUT2D eigenvalue weighted by Crippen LogP contribution is -2.32. The fraction of sp³-hybridized carbons (Fsp3) is 0.222. The van der Waals surface area contributed by atoms with E-state index < -0.39 is 36.8 Å². The highest BCUT2D eigenvalue weighted by molar-refractivity contribution is 6.07. The van der Waals surface area contributed by atoms with Crippen molar-refractivity contribution >= 4 is 34.8 Å². The lowest BCUT2D eigenvalue weighted by atomic mass is 9.99. The Hall–Kier alpha value is -5.33. The molecule has 13 heteroatoms. The number of pyridine rings is 1. The Balaban J connectivity index is 1.46. The van der Waals surface area contributed by atoms with Gasteiger partial charge in [-0.3, -0.25) is 9.59 Å². The molecule has 1 aliphatic heterocycles. The van der Waals surface area contributed by atoms with Gasteiger partial charge in [0.2, 0.25) is 0 Å². The number of ether oxygens (including phenoxy) is 3. The van der Waals surface area contributed by atoms with Crippen LogP contribution in [0.5, 0.6) is 11.5 Å². The van der Waals surface area contributed by atoms with E-state index in [-0.39, 0.29) is 24.1 Å². The van der Waals surface area contributed by atoms with Crippen LogP contribution < -0.4 is 9.47 Å². The average molecular weight is 546 g/mol. The molecule has 0 spiro atoms. The summed E-state index contributed by atoms with van der Waals surface area (Å²) >= 11 is 0. The molecule has 0 aliphatic carbocycles. The summed E-state index contributed by atoms with van der Waals surface area (Å²) in [5.74, 6) is -1.76. The number of rotatable bonds is 9. The molecule has 0 atom stereocenters. The number of benzene rings is 2. The molecule has 0 bridgehead atoms. The number of nitrogens with zero attached hydrogens (tertiary/aromatic N) is 4. The van der Waals surface area contributed by atoms with Gasteiger partial charge in [-0.1, -0.05) is 12.1 Å². The van der Waals surface area contributed by atoms with Gasteiger partial charge in [0.25, 0.3) is 11.8 Å². The zero-order chi connectivity index (χ0) is 28.2. The normalized spacial score (nSPS) is 13.0. The molecular weight excluding hydrogens is 524 g/mol. The largest absolute Gasteiger partial charge is 0.497 e. The first-order chi connectivity index (χ1) is 19.4. The van der Waals surface area contributed by atoms with Crippen molar-refractivity contribution in [3.05, 3.63) is 54.2 Å². The fourth-order valence-corrected chi connectivity index (χ4v) is 4.07. The van der Waals surface area contributed by atoms with E-state index >= 15 is 0 Å². The third-order valence-electron chi connectivity index (χ3n) is 6.08. The van der Waals surface area contributed by atoms with Crippen molar-refractivity contribution in [3.63, 3.8) is 0 Å². The molecule has 4 aromatic rings. The van der Waals surface area contributed by atoms with E-state index in [1.54, 1.807) is 55.6 Å². The first kappa shape index (κ1) is 26.3. The van der Waals surface area contributed by atoms with Crippen LogP contribution in [0.2, 0.25) is 0 Å². The van der Waals surface area contributed by atoms with Gasteiger partial charge in [0.15, 0.2) is 11.2 Å². The standard InChI is InChI=1S/C27H22N4O9/c1-36-17-7-3-15(4-8-17)22-24-26(30-40-29-24)23(16-5-9-18(37-2)10-6-16)28-25(22)27(35)38-14-13-21(34)39-31-19(32)11-12-20(31)33/h3-10H,11-14H2,1-2H3. The molecule has 5 rings (SSSR count). The Labute approximate surface area is 226 Å². The van der Waals surface area contributed by atoms with Crippen molar-refractivity contribution in [3.8, 4) is 33.9 Å². The second-order valence-corrected chi connectivity index (χ2v) is 8.53. The molecule has 204 valence electrons. The highest BCUT2D eigenvalue weighted by Crippen LogP contribution is 2.36. The second kappa shape index (κ2) is 11.2. The van der Waals surface area contributed by atoms with Crippen LogP contribution in [-0.4, -0.2) is 64.9 Å². The number of amides is 2. The number of hydroxylamine groups is 2. The molecule has 2 aromatic carbocycles. The maximum Gasteiger partial charge on any atom is 0.357 e. The predicted molar refractivity (Wildman–Crippen MR) is 136 cm³/mol. The highest BCUT2D eigenvalue weighted by atomic mass is 16.7. The molecular formula is C27H22N4O9. The SMILES string of the molecule is COc1ccc(-c2nc(C(=O)OCCC(=O)ON3C(=O)CCC3=O)c(-c3ccc(OC)cc3)c3nonc23)cc1. The minimum atomic E-state index is -0.908. The van der Waals surface area contributed by atoms with Crippen molar-refractivity contribution in [2.24, 2.45) is 0 Å². The smallest absolute Gasteiger partial charge is 0.357 e. The minimum Gasteiger partial charge on any atom is -0.497 e. The Morgan fingerprint density at radius 3 is 2.02 bits per heavy atom. The van der Waals surface area contributed by atoms with Crippen molar-refractivity contribution in [1.82, 2.24) is 20.4 Å². The van der Waals surface area contributed by atoms with Crippen LogP contribution in [0.25, 0.3) is 33.4 Å². The Morgan fingerprint density at radius 1 is 0.850 bits per heavy atom. The molecule has 0 radical (unpaired) electrons. The Bertz CT molecular complexity index is 1580. The van der Waals surface area contributed by atoms with Crippen LogP contribution in [0.15, 0.2) is 53.2 Å². The quantitative estimate of drug-likeness (QED) is 0.223. The van der Waals surface area contributed by atoms with E-state index in [1.165, 1.54) is 7.11 Å². The van der Waals surface area contributed by atoms with Crippen LogP contribution in [0.3, 0.4) is 0 Å². The Kier molecular flexibility index (Phi) is 7.35. The van der Waals surface area contributed by atoms with Gasteiger partial charge in [0.1, 0.15) is 29.3 Å². The van der Waals surface area contributed by atoms with Crippen LogP contribution in [-0.2, 0) is 24.0 Å². The Morgan fingerprint density at radius 2 is 1.43 bits per heavy atom. The summed E-state index contributed by atoms with van der Waals surface area (Å²) in [7, 11) is 3.07. The van der Waals surface area contributed by atoms with Gasteiger partial charge in [-0.15, -0.1) is 5.06 Å². The zero-order valence-electron chi connectivity index (χ0n) is 21.4. The van der Waals surface area contributed by atoms with Crippen LogP contribution in [0, 0.1) is 0 Å². The summed E-state index contributed by atoms with van der Waals surface area (Å²) in [6.45, 7) is -0.398. The molecule has 40 heavy (non-hydrogen) atoms. The van der Waals surface area contributed by atoms with Crippen molar-refractivity contribution in [2.45, 2.75) is 19.3 Å². The maximum absolute atomic E-state index is 13.4. The predicted octanol–water partition coefficient (Wildman–Crippen LogP) is 3.12. The summed E-state index contributed by atoms with van der Waals surface area (Å²) in [5, 5.41) is 8.50. The number of imide groups is 1. The summed E-state index contributed by atoms with van der Waals surface area (Å²) in [4.78, 5) is 58.3. The summed E-state index contributed by atoms with van der Waals surface area (Å²) < 4.78 is 20.9. The molecule has 2 aromatic heterocycles. The first-order valence-corrected chi connectivity index (χ1v) is 12.1. The van der Waals surface area contributed by atoms with Crippen molar-refractivity contribution in [2.75, 3.05) is 20.8 Å². The minimum absolute atomic E-state index is 0.0309. The van der Waals surface area contributed by atoms with Crippen molar-refractivity contribution in [1.29, 1.82) is 0 Å². The number of esters is 1. The average Bonchev–Trinajstić information content (AvgIpc) is 3.59. The number of fused-ring (bicyclic) bond motifs is 1.